The predicted molar refractivity (Wildman–Crippen MR) is 106 cm³/mol. The van der Waals surface area contributed by atoms with E-state index in [2.05, 4.69) is 15.5 Å². The molecule has 1 N–H and O–H groups in total. The molecule has 0 spiro atoms. The minimum atomic E-state index is -0.629. The molecule has 30 heavy (non-hydrogen) atoms. The summed E-state index contributed by atoms with van der Waals surface area (Å²) in [6.07, 6.45) is 0.571. The Balaban J connectivity index is 1.41. The fourth-order valence-electron chi connectivity index (χ4n) is 3.95. The van der Waals surface area contributed by atoms with Crippen molar-refractivity contribution in [3.05, 3.63) is 59.3 Å². The van der Waals surface area contributed by atoms with E-state index < -0.39 is 11.9 Å². The fourth-order valence-corrected chi connectivity index (χ4v) is 3.95. The average Bonchev–Trinajstić information content (AvgIpc) is 3.33. The van der Waals surface area contributed by atoms with E-state index in [-0.39, 0.29) is 18.2 Å². The lowest BCUT2D eigenvalue weighted by Gasteiger charge is -2.29. The Bertz CT molecular complexity index is 1200. The van der Waals surface area contributed by atoms with Crippen LogP contribution in [-0.2, 0) is 16.1 Å². The molecule has 5 rings (SSSR count). The van der Waals surface area contributed by atoms with Gasteiger partial charge < -0.3 is 9.42 Å². The highest BCUT2D eigenvalue weighted by Gasteiger charge is 2.39. The second kappa shape index (κ2) is 6.91. The number of pyridine rings is 1. The van der Waals surface area contributed by atoms with Crippen molar-refractivity contribution >= 4 is 17.7 Å². The molecule has 8 nitrogen and oxygen atoms in total. The molecule has 0 saturated carbocycles. The van der Waals surface area contributed by atoms with Crippen LogP contribution in [0.25, 0.3) is 22.7 Å². The number of hydrogen-bond acceptors (Lipinski definition) is 6. The SMILES string of the molecule is Cc1cccc(-c2cc(-c3ccc4c(c3)CN(C3CCC(=O)NC3=O)C4=O)on2)n1. The van der Waals surface area contributed by atoms with Gasteiger partial charge in [-0.1, -0.05) is 17.3 Å². The highest BCUT2D eigenvalue weighted by molar-refractivity contribution is 6.05. The summed E-state index contributed by atoms with van der Waals surface area (Å²) in [4.78, 5) is 42.4. The van der Waals surface area contributed by atoms with Gasteiger partial charge in [-0.05, 0) is 43.2 Å². The summed E-state index contributed by atoms with van der Waals surface area (Å²) in [5.41, 5.74) is 4.41. The molecule has 8 heteroatoms. The monoisotopic (exact) mass is 402 g/mol. The number of fused-ring (bicyclic) bond motifs is 1. The van der Waals surface area contributed by atoms with Gasteiger partial charge >= 0.3 is 0 Å². The summed E-state index contributed by atoms with van der Waals surface area (Å²) in [7, 11) is 0. The van der Waals surface area contributed by atoms with Crippen molar-refractivity contribution in [2.75, 3.05) is 0 Å². The van der Waals surface area contributed by atoms with Crippen LogP contribution in [0.15, 0.2) is 47.0 Å². The first kappa shape index (κ1) is 18.2. The Morgan fingerprint density at radius 1 is 1.10 bits per heavy atom. The number of imide groups is 1. The first-order valence-electron chi connectivity index (χ1n) is 9.68. The van der Waals surface area contributed by atoms with Crippen LogP contribution < -0.4 is 5.32 Å². The zero-order valence-corrected chi connectivity index (χ0v) is 16.2. The highest BCUT2D eigenvalue weighted by atomic mass is 16.5. The quantitative estimate of drug-likeness (QED) is 0.675. The Morgan fingerprint density at radius 3 is 2.77 bits per heavy atom. The third-order valence-electron chi connectivity index (χ3n) is 5.47. The summed E-state index contributed by atoms with van der Waals surface area (Å²) >= 11 is 0. The summed E-state index contributed by atoms with van der Waals surface area (Å²) < 4.78 is 5.51. The minimum absolute atomic E-state index is 0.201. The minimum Gasteiger partial charge on any atom is -0.356 e. The van der Waals surface area contributed by atoms with E-state index in [0.29, 0.717) is 30.0 Å². The van der Waals surface area contributed by atoms with Gasteiger partial charge in [0.25, 0.3) is 5.91 Å². The van der Waals surface area contributed by atoms with Gasteiger partial charge in [0.2, 0.25) is 11.8 Å². The Kier molecular flexibility index (Phi) is 4.20. The topological polar surface area (TPSA) is 105 Å². The van der Waals surface area contributed by atoms with Crippen LogP contribution in [0.3, 0.4) is 0 Å². The molecule has 0 radical (unpaired) electrons. The lowest BCUT2D eigenvalue weighted by atomic mass is 10.0. The largest absolute Gasteiger partial charge is 0.356 e. The first-order chi connectivity index (χ1) is 14.5. The molecular weight excluding hydrogens is 384 g/mol. The van der Waals surface area contributed by atoms with Crippen LogP contribution in [0.1, 0.15) is 34.5 Å². The summed E-state index contributed by atoms with van der Waals surface area (Å²) in [5.74, 6) is -0.346. The number of aryl methyl sites for hydroxylation is 1. The number of nitrogens with zero attached hydrogens (tertiary/aromatic N) is 3. The van der Waals surface area contributed by atoms with Gasteiger partial charge in [0.05, 0.1) is 5.69 Å². The van der Waals surface area contributed by atoms with E-state index >= 15 is 0 Å². The number of carbonyl (C=O) groups excluding carboxylic acids is 3. The third kappa shape index (κ3) is 3.06. The summed E-state index contributed by atoms with van der Waals surface area (Å²) in [6, 6.07) is 12.3. The lowest BCUT2D eigenvalue weighted by Crippen LogP contribution is -2.52. The van der Waals surface area contributed by atoms with Crippen molar-refractivity contribution in [2.24, 2.45) is 0 Å². The number of hydrogen-bond donors (Lipinski definition) is 1. The van der Waals surface area contributed by atoms with Gasteiger partial charge in [0, 0.05) is 35.9 Å². The van der Waals surface area contributed by atoms with E-state index in [1.807, 2.05) is 37.3 Å². The van der Waals surface area contributed by atoms with Crippen LogP contribution in [0.4, 0.5) is 0 Å². The van der Waals surface area contributed by atoms with Crippen molar-refractivity contribution in [3.63, 3.8) is 0 Å². The van der Waals surface area contributed by atoms with Crippen molar-refractivity contribution in [2.45, 2.75) is 32.4 Å². The zero-order chi connectivity index (χ0) is 20.8. The zero-order valence-electron chi connectivity index (χ0n) is 16.2. The molecule has 1 aromatic carbocycles. The molecule has 2 aromatic heterocycles. The molecule has 2 aliphatic rings. The van der Waals surface area contributed by atoms with E-state index in [1.54, 1.807) is 12.1 Å². The molecule has 1 fully saturated rings. The normalized spacial score (nSPS) is 18.5. The second-order valence-corrected chi connectivity index (χ2v) is 7.51. The first-order valence-corrected chi connectivity index (χ1v) is 9.68. The predicted octanol–water partition coefficient (Wildman–Crippen LogP) is 2.47. The molecule has 3 amide bonds. The van der Waals surface area contributed by atoms with Crippen molar-refractivity contribution in [3.8, 4) is 22.7 Å². The maximum absolute atomic E-state index is 12.8. The van der Waals surface area contributed by atoms with Crippen LogP contribution in [0, 0.1) is 6.92 Å². The number of carbonyl (C=O) groups is 3. The van der Waals surface area contributed by atoms with Crippen LogP contribution in [0.2, 0.25) is 0 Å². The number of piperidine rings is 1. The van der Waals surface area contributed by atoms with Gasteiger partial charge in [-0.2, -0.15) is 0 Å². The maximum atomic E-state index is 12.8. The van der Waals surface area contributed by atoms with Gasteiger partial charge in [0.15, 0.2) is 5.76 Å². The van der Waals surface area contributed by atoms with Crippen molar-refractivity contribution < 1.29 is 18.9 Å². The van der Waals surface area contributed by atoms with Crippen molar-refractivity contribution in [1.29, 1.82) is 0 Å². The molecule has 150 valence electrons. The standard InChI is InChI=1S/C22H18N4O4/c1-12-3-2-4-16(23-12)17-10-19(30-25-17)13-5-6-15-14(9-13)11-26(22(15)29)18-7-8-20(27)24-21(18)28/h2-6,9-10,18H,7-8,11H2,1H3,(H,24,27,28). The molecule has 3 aromatic rings. The lowest BCUT2D eigenvalue weighted by molar-refractivity contribution is -0.136. The molecular formula is C22H18N4O4. The second-order valence-electron chi connectivity index (χ2n) is 7.51. The average molecular weight is 402 g/mol. The van der Waals surface area contributed by atoms with E-state index in [0.717, 1.165) is 22.5 Å². The molecule has 2 aliphatic heterocycles. The Morgan fingerprint density at radius 2 is 1.97 bits per heavy atom. The van der Waals surface area contributed by atoms with Crippen LogP contribution >= 0.6 is 0 Å². The molecule has 1 saturated heterocycles. The molecule has 1 atom stereocenters. The van der Waals surface area contributed by atoms with Crippen molar-refractivity contribution in [1.82, 2.24) is 20.4 Å². The summed E-state index contributed by atoms with van der Waals surface area (Å²) in [5, 5.41) is 6.43. The smallest absolute Gasteiger partial charge is 0.255 e. The number of amides is 3. The van der Waals surface area contributed by atoms with Crippen LogP contribution in [0.5, 0.6) is 0 Å². The van der Waals surface area contributed by atoms with Gasteiger partial charge in [-0.15, -0.1) is 0 Å². The Labute approximate surface area is 171 Å². The third-order valence-corrected chi connectivity index (χ3v) is 5.47. The summed E-state index contributed by atoms with van der Waals surface area (Å²) in [6.45, 7) is 2.23. The number of nitrogens with one attached hydrogen (secondary N) is 1. The molecule has 0 bridgehead atoms. The number of aromatic nitrogens is 2. The number of benzene rings is 1. The maximum Gasteiger partial charge on any atom is 0.255 e. The Hall–Kier alpha value is -3.81. The molecule has 0 aliphatic carbocycles. The van der Waals surface area contributed by atoms with Gasteiger partial charge in [-0.25, -0.2) is 0 Å². The fraction of sp³-hybridized carbons (Fsp3) is 0.227. The van der Waals surface area contributed by atoms with E-state index in [9.17, 15) is 14.4 Å². The van der Waals surface area contributed by atoms with E-state index in [4.69, 9.17) is 4.52 Å². The molecule has 4 heterocycles. The molecule has 1 unspecified atom stereocenters. The highest BCUT2D eigenvalue weighted by Crippen LogP contribution is 2.32. The van der Waals surface area contributed by atoms with E-state index in [1.165, 1.54) is 4.90 Å². The number of rotatable bonds is 3. The van der Waals surface area contributed by atoms with Gasteiger partial charge in [0.1, 0.15) is 11.7 Å². The van der Waals surface area contributed by atoms with Crippen LogP contribution in [-0.4, -0.2) is 38.8 Å². The van der Waals surface area contributed by atoms with Gasteiger partial charge in [-0.3, -0.25) is 24.7 Å².